The molecule has 0 atom stereocenters. The molecule has 0 aliphatic rings. The molecule has 0 saturated carbocycles. The number of hydrogen-bond donors (Lipinski definition) is 3. The maximum Gasteiger partial charge on any atom is 0.325 e. The van der Waals surface area contributed by atoms with Crippen LogP contribution in [0.4, 0.5) is 20.4 Å². The fourth-order valence-electron chi connectivity index (χ4n) is 3.40. The van der Waals surface area contributed by atoms with Gasteiger partial charge < -0.3 is 30.0 Å². The van der Waals surface area contributed by atoms with E-state index in [9.17, 15) is 13.6 Å². The number of benzene rings is 2. The van der Waals surface area contributed by atoms with E-state index in [4.69, 9.17) is 9.47 Å². The van der Waals surface area contributed by atoms with Crippen molar-refractivity contribution in [3.63, 3.8) is 0 Å². The van der Waals surface area contributed by atoms with E-state index in [2.05, 4.69) is 25.6 Å². The Morgan fingerprint density at radius 3 is 2.65 bits per heavy atom. The summed E-state index contributed by atoms with van der Waals surface area (Å²) in [4.78, 5) is 25.4. The first-order valence-electron chi connectivity index (χ1n) is 11.2. The van der Waals surface area contributed by atoms with E-state index in [1.54, 1.807) is 36.4 Å². The van der Waals surface area contributed by atoms with Crippen molar-refractivity contribution >= 4 is 51.2 Å². The van der Waals surface area contributed by atoms with Gasteiger partial charge in [0.1, 0.15) is 29.5 Å². The van der Waals surface area contributed by atoms with Gasteiger partial charge in [0, 0.05) is 66.3 Å². The van der Waals surface area contributed by atoms with Gasteiger partial charge in [0.05, 0.1) is 16.6 Å². The quantitative estimate of drug-likeness (QED) is 0.163. The molecule has 4 aromatic rings. The number of imidazole rings is 1. The van der Waals surface area contributed by atoms with Gasteiger partial charge in [-0.05, 0) is 44.4 Å². The van der Waals surface area contributed by atoms with E-state index in [0.29, 0.717) is 40.7 Å². The molecule has 0 spiro atoms. The van der Waals surface area contributed by atoms with Crippen LogP contribution in [-0.2, 0) is 3.93 Å². The zero-order valence-electron chi connectivity index (χ0n) is 20.3. The molecule has 2 aromatic heterocycles. The second-order valence-electron chi connectivity index (χ2n) is 8.31. The molecule has 9 nitrogen and oxygen atoms in total. The largest absolute Gasteiger partial charge is 0.492 e. The fraction of sp³-hybridized carbons (Fsp3) is 0.240. The minimum Gasteiger partial charge on any atom is -0.492 e. The predicted molar refractivity (Wildman–Crippen MR) is 145 cm³/mol. The highest BCUT2D eigenvalue weighted by atomic mass is 127. The molecule has 0 radical (unpaired) electrons. The summed E-state index contributed by atoms with van der Waals surface area (Å²) >= 11 is 1.10. The minimum atomic E-state index is -3.07. The van der Waals surface area contributed by atoms with Gasteiger partial charge in [-0.3, -0.25) is 9.78 Å². The number of carbonyl (C=O) groups excluding carboxylic acids is 1. The number of ether oxygens (including phenoxy) is 2. The van der Waals surface area contributed by atoms with Gasteiger partial charge in [0.2, 0.25) is 5.95 Å². The monoisotopic (exact) mass is 622 g/mol. The molecule has 12 heteroatoms. The molecule has 0 unspecified atom stereocenters. The normalized spacial score (nSPS) is 11.5. The molecule has 0 fully saturated rings. The summed E-state index contributed by atoms with van der Waals surface area (Å²) in [6.07, 6.45) is 1.49. The van der Waals surface area contributed by atoms with Crippen LogP contribution in [0.1, 0.15) is 16.1 Å². The average molecular weight is 622 g/mol. The van der Waals surface area contributed by atoms with Crippen molar-refractivity contribution in [2.24, 2.45) is 0 Å². The number of nitrogens with one attached hydrogen (secondary N) is 3. The van der Waals surface area contributed by atoms with Crippen LogP contribution in [0.25, 0.3) is 11.0 Å². The first-order valence-corrected chi connectivity index (χ1v) is 12.3. The molecule has 2 heterocycles. The Morgan fingerprint density at radius 1 is 1.14 bits per heavy atom. The molecular weight excluding hydrogens is 597 g/mol. The molecule has 1 amide bonds. The van der Waals surface area contributed by atoms with Crippen LogP contribution in [0.3, 0.4) is 0 Å². The Bertz CT molecular complexity index is 1410. The highest BCUT2D eigenvalue weighted by Gasteiger charge is 2.31. The van der Waals surface area contributed by atoms with Crippen molar-refractivity contribution in [1.82, 2.24) is 25.2 Å². The molecule has 0 aliphatic carbocycles. The summed E-state index contributed by atoms with van der Waals surface area (Å²) < 4.78 is 36.7. The van der Waals surface area contributed by atoms with Gasteiger partial charge in [0.15, 0.2) is 0 Å². The summed E-state index contributed by atoms with van der Waals surface area (Å²) in [7, 11) is 5.29. The van der Waals surface area contributed by atoms with Crippen molar-refractivity contribution in [3.8, 4) is 17.2 Å². The summed E-state index contributed by atoms with van der Waals surface area (Å²) in [5.74, 6) is 1.20. The summed E-state index contributed by atoms with van der Waals surface area (Å²) in [6, 6.07) is 12.9. The Labute approximate surface area is 225 Å². The maximum atomic E-state index is 14.1. The average Bonchev–Trinajstić information content (AvgIpc) is 3.24. The van der Waals surface area contributed by atoms with E-state index < -0.39 is 3.93 Å². The number of rotatable bonds is 10. The van der Waals surface area contributed by atoms with Crippen LogP contribution in [-0.4, -0.2) is 60.1 Å². The number of anilines is 2. The van der Waals surface area contributed by atoms with E-state index in [1.807, 2.05) is 19.0 Å². The number of pyridine rings is 1. The number of alkyl halides is 3. The van der Waals surface area contributed by atoms with Gasteiger partial charge in [-0.1, -0.05) is 0 Å². The van der Waals surface area contributed by atoms with Crippen LogP contribution in [0.15, 0.2) is 54.7 Å². The second kappa shape index (κ2) is 11.3. The minimum absolute atomic E-state index is 0.103. The zero-order valence-corrected chi connectivity index (χ0v) is 22.5. The molecule has 4 rings (SSSR count). The van der Waals surface area contributed by atoms with Gasteiger partial charge in [0.25, 0.3) is 5.91 Å². The Balaban J connectivity index is 1.53. The van der Waals surface area contributed by atoms with E-state index in [-0.39, 0.29) is 29.5 Å². The molecule has 194 valence electrons. The first-order chi connectivity index (χ1) is 17.6. The third kappa shape index (κ3) is 6.83. The van der Waals surface area contributed by atoms with Gasteiger partial charge in [-0.15, -0.1) is 0 Å². The number of carbonyl (C=O) groups is 1. The van der Waals surface area contributed by atoms with Crippen LogP contribution >= 0.6 is 22.6 Å². The summed E-state index contributed by atoms with van der Waals surface area (Å²) in [6.45, 7) is 0.857. The smallest absolute Gasteiger partial charge is 0.325 e. The molecule has 0 bridgehead atoms. The third-order valence-electron chi connectivity index (χ3n) is 5.23. The molecule has 37 heavy (non-hydrogen) atoms. The van der Waals surface area contributed by atoms with Crippen molar-refractivity contribution in [2.45, 2.75) is 3.93 Å². The number of halogens is 3. The van der Waals surface area contributed by atoms with E-state index in [0.717, 1.165) is 22.6 Å². The Morgan fingerprint density at radius 2 is 1.92 bits per heavy atom. The maximum absolute atomic E-state index is 14.1. The van der Waals surface area contributed by atoms with Crippen LogP contribution in [0, 0.1) is 0 Å². The second-order valence-corrected chi connectivity index (χ2v) is 9.66. The third-order valence-corrected chi connectivity index (χ3v) is 5.81. The lowest BCUT2D eigenvalue weighted by molar-refractivity contribution is 0.0957. The number of H-pyrrole nitrogens is 1. The van der Waals surface area contributed by atoms with Crippen molar-refractivity contribution in [1.29, 1.82) is 0 Å². The lowest BCUT2D eigenvalue weighted by Crippen LogP contribution is -2.20. The molecule has 0 aliphatic heterocycles. The number of fused-ring (bicyclic) bond motifs is 1. The zero-order chi connectivity index (χ0) is 26.6. The fourth-order valence-corrected chi connectivity index (χ4v) is 3.85. The topological polar surface area (TPSA) is 104 Å². The molecule has 3 N–H and O–H groups in total. The van der Waals surface area contributed by atoms with Crippen molar-refractivity contribution < 1.29 is 23.0 Å². The van der Waals surface area contributed by atoms with Crippen molar-refractivity contribution in [3.05, 3.63) is 66.0 Å². The standard InChI is InChI=1S/C25H25F2IN6O3/c1-29-23(35)21-14-17(8-9-30-21)37-16-5-7-19-20(13-16)33-24(32-19)31-15-4-6-18(25(26,27)28)22(12-15)36-11-10-34(2)3/h4-9,12-14H,10-11H2,1-3H3,(H,29,35)(H2,31,32,33). The number of aromatic nitrogens is 3. The number of likely N-dealkylation sites (N-methyl/N-ethyl adjacent to an activating group) is 1. The number of nitrogens with zero attached hydrogens (tertiary/aromatic N) is 3. The number of aromatic amines is 1. The first kappa shape index (κ1) is 26.5. The molecular formula is C25H25F2IN6O3. The van der Waals surface area contributed by atoms with Crippen molar-refractivity contribution in [2.75, 3.05) is 39.6 Å². The Kier molecular flexibility index (Phi) is 8.07. The van der Waals surface area contributed by atoms with Gasteiger partial charge in [-0.25, -0.2) is 4.98 Å². The summed E-state index contributed by atoms with van der Waals surface area (Å²) in [5, 5.41) is 5.63. The van der Waals surface area contributed by atoms with Crippen LogP contribution in [0.5, 0.6) is 17.2 Å². The van der Waals surface area contributed by atoms with Crippen LogP contribution < -0.4 is 20.1 Å². The Hall–Kier alpha value is -3.52. The van der Waals surface area contributed by atoms with Gasteiger partial charge in [-0.2, -0.15) is 8.78 Å². The SMILES string of the molecule is CNC(=O)c1cc(Oc2ccc3nc(Nc4ccc(C(F)(F)I)c(OCCN(C)C)c4)[nH]c3c2)ccn1. The van der Waals surface area contributed by atoms with E-state index in [1.165, 1.54) is 25.4 Å². The molecule has 0 saturated heterocycles. The van der Waals surface area contributed by atoms with Gasteiger partial charge >= 0.3 is 3.93 Å². The van der Waals surface area contributed by atoms with E-state index >= 15 is 0 Å². The predicted octanol–water partition coefficient (Wildman–Crippen LogP) is 5.28. The lowest BCUT2D eigenvalue weighted by Gasteiger charge is -2.18. The highest BCUT2D eigenvalue weighted by molar-refractivity contribution is 14.1. The molecule has 2 aromatic carbocycles. The lowest BCUT2D eigenvalue weighted by atomic mass is 10.2. The summed E-state index contributed by atoms with van der Waals surface area (Å²) in [5.41, 5.74) is 1.95. The van der Waals surface area contributed by atoms with Crippen LogP contribution in [0.2, 0.25) is 0 Å². The number of amides is 1. The number of hydrogen-bond acceptors (Lipinski definition) is 7. The highest BCUT2D eigenvalue weighted by Crippen LogP contribution is 2.42.